The summed E-state index contributed by atoms with van der Waals surface area (Å²) in [5.74, 6) is 0. The van der Waals surface area contributed by atoms with Gasteiger partial charge in [-0.05, 0) is 61.3 Å². The molecule has 0 aliphatic carbocycles. The standard InChI is InChI=1S/C56H52N6/c57-33-19-1-2-20-34-60(39-45-35-49-47-29-15-17-31-51(47)61(37-41-21-7-3-8-22-41)55(49)53(58-45)43-25-11-5-12-26-43)40-46-36-50-48-30-16-18-32-52(48)62(38-42-23-9-4-10-24-42)56(50)54(59-46)44-27-13-6-14-28-44/h3-18,21-32,35-36H,1-2,19-20,33-34,37-40,57H2. The van der Waals surface area contributed by atoms with Crippen LogP contribution < -0.4 is 5.73 Å². The van der Waals surface area contributed by atoms with Crippen molar-refractivity contribution in [3.63, 3.8) is 0 Å². The number of nitrogens with zero attached hydrogens (tertiary/aromatic N) is 5. The van der Waals surface area contributed by atoms with Gasteiger partial charge in [-0.2, -0.15) is 0 Å². The second-order valence-corrected chi connectivity index (χ2v) is 16.5. The zero-order valence-electron chi connectivity index (χ0n) is 35.2. The summed E-state index contributed by atoms with van der Waals surface area (Å²) >= 11 is 0. The average molecular weight is 809 g/mol. The predicted octanol–water partition coefficient (Wildman–Crippen LogP) is 12.6. The minimum Gasteiger partial charge on any atom is -0.334 e. The number of hydrogen-bond donors (Lipinski definition) is 1. The van der Waals surface area contributed by atoms with Gasteiger partial charge in [0.15, 0.2) is 0 Å². The number of hydrogen-bond acceptors (Lipinski definition) is 4. The third-order valence-corrected chi connectivity index (χ3v) is 12.3. The maximum atomic E-state index is 5.93. The molecule has 0 atom stereocenters. The van der Waals surface area contributed by atoms with E-state index in [0.29, 0.717) is 13.1 Å². The molecule has 0 saturated heterocycles. The van der Waals surface area contributed by atoms with E-state index in [1.807, 2.05) is 0 Å². The van der Waals surface area contributed by atoms with Crippen LogP contribution in [0.1, 0.15) is 48.2 Å². The maximum Gasteiger partial charge on any atom is 0.0949 e. The number of fused-ring (bicyclic) bond motifs is 6. The van der Waals surface area contributed by atoms with Gasteiger partial charge in [-0.3, -0.25) is 4.90 Å². The highest BCUT2D eigenvalue weighted by atomic mass is 15.1. The summed E-state index contributed by atoms with van der Waals surface area (Å²) in [6.45, 7) is 4.58. The van der Waals surface area contributed by atoms with E-state index in [9.17, 15) is 0 Å². The Morgan fingerprint density at radius 1 is 0.419 bits per heavy atom. The Morgan fingerprint density at radius 2 is 0.823 bits per heavy atom. The number of benzene rings is 6. The zero-order valence-corrected chi connectivity index (χ0v) is 35.2. The zero-order chi connectivity index (χ0) is 41.7. The van der Waals surface area contributed by atoms with E-state index in [1.54, 1.807) is 0 Å². The van der Waals surface area contributed by atoms with Crippen LogP contribution in [0.4, 0.5) is 0 Å². The average Bonchev–Trinajstić information content (AvgIpc) is 3.81. The quantitative estimate of drug-likeness (QED) is 0.0988. The van der Waals surface area contributed by atoms with Crippen molar-refractivity contribution in [3.8, 4) is 22.5 Å². The number of aromatic nitrogens is 4. The van der Waals surface area contributed by atoms with Gasteiger partial charge < -0.3 is 14.9 Å². The molecular weight excluding hydrogens is 757 g/mol. The smallest absolute Gasteiger partial charge is 0.0949 e. The Bertz CT molecular complexity index is 2880. The van der Waals surface area contributed by atoms with Crippen LogP contribution in [-0.4, -0.2) is 37.1 Å². The van der Waals surface area contributed by atoms with Gasteiger partial charge in [-0.1, -0.05) is 171 Å². The molecule has 0 fully saturated rings. The van der Waals surface area contributed by atoms with Crippen LogP contribution in [-0.2, 0) is 26.2 Å². The van der Waals surface area contributed by atoms with Gasteiger partial charge in [0.2, 0.25) is 0 Å². The van der Waals surface area contributed by atoms with Crippen LogP contribution in [0.25, 0.3) is 66.1 Å². The van der Waals surface area contributed by atoms with Crippen molar-refractivity contribution in [3.05, 3.63) is 205 Å². The minimum atomic E-state index is 0.695. The molecule has 10 aromatic rings. The van der Waals surface area contributed by atoms with Crippen molar-refractivity contribution in [2.24, 2.45) is 5.73 Å². The first kappa shape index (κ1) is 39.3. The Labute approximate surface area is 363 Å². The first-order valence-electron chi connectivity index (χ1n) is 22.1. The van der Waals surface area contributed by atoms with Gasteiger partial charge in [-0.15, -0.1) is 0 Å². The van der Waals surface area contributed by atoms with E-state index in [4.69, 9.17) is 15.7 Å². The molecule has 0 amide bonds. The lowest BCUT2D eigenvalue weighted by Crippen LogP contribution is -2.25. The molecular formula is C56H52N6. The number of nitrogens with two attached hydrogens (primary N) is 1. The van der Waals surface area contributed by atoms with Crippen LogP contribution in [0, 0.1) is 0 Å². The van der Waals surface area contributed by atoms with Crippen LogP contribution in [0.15, 0.2) is 182 Å². The Morgan fingerprint density at radius 3 is 1.27 bits per heavy atom. The van der Waals surface area contributed by atoms with Gasteiger partial charge in [0.1, 0.15) is 0 Å². The van der Waals surface area contributed by atoms with Crippen LogP contribution in [0.5, 0.6) is 0 Å². The summed E-state index contributed by atoms with van der Waals surface area (Å²) < 4.78 is 4.93. The third kappa shape index (κ3) is 8.03. The molecule has 0 saturated carbocycles. The van der Waals surface area contributed by atoms with E-state index in [-0.39, 0.29) is 0 Å². The summed E-state index contributed by atoms with van der Waals surface area (Å²) in [5, 5.41) is 4.97. The molecule has 6 nitrogen and oxygen atoms in total. The van der Waals surface area contributed by atoms with Gasteiger partial charge in [-0.25, -0.2) is 9.97 Å². The molecule has 2 N–H and O–H groups in total. The van der Waals surface area contributed by atoms with Crippen molar-refractivity contribution < 1.29 is 0 Å². The van der Waals surface area contributed by atoms with Crippen molar-refractivity contribution in [1.29, 1.82) is 0 Å². The molecule has 10 rings (SSSR count). The largest absolute Gasteiger partial charge is 0.334 e. The third-order valence-electron chi connectivity index (χ3n) is 12.3. The number of unbranched alkanes of at least 4 members (excludes halogenated alkanes) is 3. The molecule has 0 bridgehead atoms. The van der Waals surface area contributed by atoms with Gasteiger partial charge >= 0.3 is 0 Å². The molecule has 306 valence electrons. The highest BCUT2D eigenvalue weighted by Crippen LogP contribution is 2.38. The van der Waals surface area contributed by atoms with E-state index in [2.05, 4.69) is 196 Å². The van der Waals surface area contributed by atoms with Crippen molar-refractivity contribution >= 4 is 43.6 Å². The topological polar surface area (TPSA) is 64.9 Å². The number of pyridine rings is 2. The molecule has 6 aromatic carbocycles. The Kier molecular flexibility index (Phi) is 11.4. The van der Waals surface area contributed by atoms with E-state index < -0.39 is 0 Å². The first-order chi connectivity index (χ1) is 30.7. The fraction of sp³-hybridized carbons (Fsp3) is 0.179. The molecule has 4 heterocycles. The van der Waals surface area contributed by atoms with Crippen molar-refractivity contribution in [1.82, 2.24) is 24.0 Å². The van der Waals surface area contributed by atoms with Crippen LogP contribution in [0.2, 0.25) is 0 Å². The number of rotatable bonds is 16. The second kappa shape index (κ2) is 18.0. The predicted molar refractivity (Wildman–Crippen MR) is 258 cm³/mol. The van der Waals surface area contributed by atoms with Crippen molar-refractivity contribution in [2.75, 3.05) is 13.1 Å². The molecule has 62 heavy (non-hydrogen) atoms. The minimum absolute atomic E-state index is 0.695. The van der Waals surface area contributed by atoms with Gasteiger partial charge in [0, 0.05) is 69.9 Å². The first-order valence-corrected chi connectivity index (χ1v) is 22.1. The SMILES string of the molecule is NCCCCCCN(Cc1cc2c3ccccc3n(Cc3ccccc3)c2c(-c2ccccc2)n1)Cc1cc2c3ccccc3n(Cc3ccccc3)c2c(-c2ccccc2)n1. The molecule has 0 aliphatic rings. The highest BCUT2D eigenvalue weighted by Gasteiger charge is 2.22. The molecule has 6 heteroatoms. The summed E-state index contributed by atoms with van der Waals surface area (Å²) in [5.41, 5.74) is 19.6. The molecule has 0 spiro atoms. The molecule has 0 unspecified atom stereocenters. The Hall–Kier alpha value is -6.86. The molecule has 0 radical (unpaired) electrons. The summed E-state index contributed by atoms with van der Waals surface area (Å²) in [7, 11) is 0. The van der Waals surface area contributed by atoms with Crippen LogP contribution in [0.3, 0.4) is 0 Å². The lowest BCUT2D eigenvalue weighted by Gasteiger charge is -2.23. The second-order valence-electron chi connectivity index (χ2n) is 16.5. The van der Waals surface area contributed by atoms with E-state index in [1.165, 1.54) is 54.7 Å². The summed E-state index contributed by atoms with van der Waals surface area (Å²) in [4.78, 5) is 13.8. The fourth-order valence-corrected chi connectivity index (χ4v) is 9.38. The highest BCUT2D eigenvalue weighted by molar-refractivity contribution is 6.13. The Balaban J connectivity index is 1.10. The monoisotopic (exact) mass is 808 g/mol. The molecule has 4 aromatic heterocycles. The fourth-order valence-electron chi connectivity index (χ4n) is 9.38. The summed E-state index contributed by atoms with van der Waals surface area (Å²) in [6.07, 6.45) is 4.40. The normalized spacial score (nSPS) is 11.8. The lowest BCUT2D eigenvalue weighted by molar-refractivity contribution is 0.245. The van der Waals surface area contributed by atoms with E-state index >= 15 is 0 Å². The van der Waals surface area contributed by atoms with Gasteiger partial charge in [0.05, 0.1) is 33.8 Å². The maximum absolute atomic E-state index is 5.93. The lowest BCUT2D eigenvalue weighted by atomic mass is 10.1. The summed E-state index contributed by atoms with van der Waals surface area (Å²) in [6, 6.07) is 65.4. The van der Waals surface area contributed by atoms with Gasteiger partial charge in [0.25, 0.3) is 0 Å². The number of para-hydroxylation sites is 2. The van der Waals surface area contributed by atoms with Crippen LogP contribution >= 0.6 is 0 Å². The van der Waals surface area contributed by atoms with E-state index in [0.717, 1.165) is 85.8 Å². The van der Waals surface area contributed by atoms with Crippen molar-refractivity contribution in [2.45, 2.75) is 51.9 Å². The molecule has 0 aliphatic heterocycles.